The molecule has 2 rings (SSSR count). The summed E-state index contributed by atoms with van der Waals surface area (Å²) >= 11 is 11.7. The summed E-state index contributed by atoms with van der Waals surface area (Å²) in [5.74, 6) is 1.17. The molecule has 0 bridgehead atoms. The molecule has 2 aromatic rings. The Morgan fingerprint density at radius 2 is 1.85 bits per heavy atom. The van der Waals surface area contributed by atoms with Gasteiger partial charge < -0.3 is 9.47 Å². The number of rotatable bonds is 8. The molecule has 0 fully saturated rings. The number of hydrazone groups is 1. The van der Waals surface area contributed by atoms with E-state index in [4.69, 9.17) is 32.7 Å². The number of ether oxygens (including phenoxy) is 2. The molecule has 0 atom stereocenters. The van der Waals surface area contributed by atoms with Crippen molar-refractivity contribution < 1.29 is 17.9 Å². The fourth-order valence-electron chi connectivity index (χ4n) is 2.09. The van der Waals surface area contributed by atoms with Gasteiger partial charge in [0.2, 0.25) is 0 Å². The summed E-state index contributed by atoms with van der Waals surface area (Å²) in [7, 11) is -3.86. The van der Waals surface area contributed by atoms with Crippen LogP contribution in [0.5, 0.6) is 11.5 Å². The maximum atomic E-state index is 12.3. The van der Waals surface area contributed by atoms with Crippen LogP contribution < -0.4 is 14.3 Å². The molecule has 0 heterocycles. The highest BCUT2D eigenvalue weighted by Gasteiger charge is 2.14. The van der Waals surface area contributed by atoms with Gasteiger partial charge in [0, 0.05) is 0 Å². The molecule has 0 saturated heterocycles. The third-order valence-corrected chi connectivity index (χ3v) is 5.18. The van der Waals surface area contributed by atoms with Crippen LogP contribution in [0.15, 0.2) is 46.4 Å². The van der Waals surface area contributed by atoms with E-state index in [9.17, 15) is 8.42 Å². The number of benzene rings is 2. The number of halogens is 2. The number of hydrogen-bond acceptors (Lipinski definition) is 5. The minimum atomic E-state index is -3.86. The zero-order valence-corrected chi connectivity index (χ0v) is 17.4. The van der Waals surface area contributed by atoms with E-state index in [2.05, 4.69) is 9.93 Å². The van der Waals surface area contributed by atoms with Crippen molar-refractivity contribution in [2.45, 2.75) is 31.8 Å². The summed E-state index contributed by atoms with van der Waals surface area (Å²) in [6, 6.07) is 9.23. The molecule has 0 saturated carbocycles. The van der Waals surface area contributed by atoms with Crippen molar-refractivity contribution in [2.75, 3.05) is 6.61 Å². The van der Waals surface area contributed by atoms with Crippen LogP contribution in [0.25, 0.3) is 0 Å². The predicted molar refractivity (Wildman–Crippen MR) is 108 cm³/mol. The third-order valence-electron chi connectivity index (χ3n) is 3.22. The Morgan fingerprint density at radius 1 is 1.11 bits per heavy atom. The average Bonchev–Trinajstić information content (AvgIpc) is 2.59. The first kappa shape index (κ1) is 21.3. The van der Waals surface area contributed by atoms with Crippen LogP contribution in [0.3, 0.4) is 0 Å². The van der Waals surface area contributed by atoms with Gasteiger partial charge in [0.05, 0.1) is 33.9 Å². The van der Waals surface area contributed by atoms with Crippen molar-refractivity contribution in [2.24, 2.45) is 5.10 Å². The van der Waals surface area contributed by atoms with Crippen LogP contribution in [-0.4, -0.2) is 27.3 Å². The normalized spacial score (nSPS) is 11.8. The van der Waals surface area contributed by atoms with Crippen LogP contribution >= 0.6 is 23.2 Å². The minimum Gasteiger partial charge on any atom is -0.490 e. The zero-order valence-electron chi connectivity index (χ0n) is 15.1. The van der Waals surface area contributed by atoms with Gasteiger partial charge >= 0.3 is 0 Å². The van der Waals surface area contributed by atoms with Gasteiger partial charge in [-0.05, 0) is 62.7 Å². The van der Waals surface area contributed by atoms with E-state index in [1.807, 2.05) is 20.8 Å². The Kier molecular flexibility index (Phi) is 7.35. The summed E-state index contributed by atoms with van der Waals surface area (Å²) in [5, 5.41) is 4.21. The highest BCUT2D eigenvalue weighted by molar-refractivity contribution is 7.89. The van der Waals surface area contributed by atoms with Crippen LogP contribution in [0.1, 0.15) is 26.3 Å². The zero-order chi connectivity index (χ0) is 20.0. The highest BCUT2D eigenvalue weighted by Crippen LogP contribution is 2.29. The summed E-state index contributed by atoms with van der Waals surface area (Å²) in [4.78, 5) is 2.10. The molecule has 0 aliphatic rings. The summed E-state index contributed by atoms with van der Waals surface area (Å²) in [6.45, 7) is 6.18. The molecular formula is C18H20Cl2N2O4S. The first-order valence-corrected chi connectivity index (χ1v) is 10.4. The van der Waals surface area contributed by atoms with Gasteiger partial charge in [-0.25, -0.2) is 4.83 Å². The predicted octanol–water partition coefficient (Wildman–Crippen LogP) is 4.49. The molecule has 0 aliphatic heterocycles. The van der Waals surface area contributed by atoms with Crippen molar-refractivity contribution in [3.05, 3.63) is 52.0 Å². The lowest BCUT2D eigenvalue weighted by molar-refractivity contribution is 0.224. The summed E-state index contributed by atoms with van der Waals surface area (Å²) < 4.78 is 35.8. The Hall–Kier alpha value is -1.96. The molecule has 6 nitrogen and oxygen atoms in total. The van der Waals surface area contributed by atoms with Crippen LogP contribution in [-0.2, 0) is 10.0 Å². The van der Waals surface area contributed by atoms with Gasteiger partial charge in [-0.1, -0.05) is 23.2 Å². The molecule has 0 aliphatic carbocycles. The Balaban J connectivity index is 2.17. The average molecular weight is 431 g/mol. The van der Waals surface area contributed by atoms with Crippen molar-refractivity contribution in [3.63, 3.8) is 0 Å². The second-order valence-corrected chi connectivity index (χ2v) is 8.21. The van der Waals surface area contributed by atoms with Crippen molar-refractivity contribution in [1.82, 2.24) is 4.83 Å². The highest BCUT2D eigenvalue weighted by atomic mass is 35.5. The second kappa shape index (κ2) is 9.30. The fraction of sp³-hybridized carbons (Fsp3) is 0.278. The van der Waals surface area contributed by atoms with Gasteiger partial charge in [-0.3, -0.25) is 0 Å². The van der Waals surface area contributed by atoms with Crippen molar-refractivity contribution in [3.8, 4) is 11.5 Å². The van der Waals surface area contributed by atoms with Gasteiger partial charge in [-0.2, -0.15) is 13.5 Å². The van der Waals surface area contributed by atoms with E-state index in [1.54, 1.807) is 18.2 Å². The molecule has 0 amide bonds. The number of hydrogen-bond donors (Lipinski definition) is 1. The van der Waals surface area contributed by atoms with Crippen LogP contribution in [0, 0.1) is 0 Å². The molecule has 146 valence electrons. The Morgan fingerprint density at radius 3 is 2.48 bits per heavy atom. The van der Waals surface area contributed by atoms with Crippen molar-refractivity contribution in [1.29, 1.82) is 0 Å². The fourth-order valence-corrected chi connectivity index (χ4v) is 3.27. The van der Waals surface area contributed by atoms with Gasteiger partial charge in [0.25, 0.3) is 10.0 Å². The monoisotopic (exact) mass is 430 g/mol. The second-order valence-electron chi connectivity index (χ2n) is 5.73. The molecule has 0 spiro atoms. The molecule has 0 radical (unpaired) electrons. The molecule has 0 aromatic heterocycles. The molecule has 1 N–H and O–H groups in total. The van der Waals surface area contributed by atoms with E-state index < -0.39 is 10.0 Å². The Labute approximate surface area is 169 Å². The van der Waals surface area contributed by atoms with E-state index in [0.717, 1.165) is 0 Å². The molecule has 27 heavy (non-hydrogen) atoms. The number of nitrogens with zero attached hydrogens (tertiary/aromatic N) is 1. The van der Waals surface area contributed by atoms with Gasteiger partial charge in [0.15, 0.2) is 11.5 Å². The molecule has 2 aromatic carbocycles. The standard InChI is InChI=1S/C18H20Cl2N2O4S/c1-4-25-18-9-13(5-8-17(18)26-12(2)3)11-21-22-27(23,24)14-6-7-15(19)16(20)10-14/h5-12,22H,4H2,1-3H3/b21-11+. The van der Waals surface area contributed by atoms with Gasteiger partial charge in [0.1, 0.15) is 0 Å². The van der Waals surface area contributed by atoms with Crippen molar-refractivity contribution >= 4 is 39.4 Å². The van der Waals surface area contributed by atoms with E-state index in [1.165, 1.54) is 24.4 Å². The Bertz CT molecular complexity index is 931. The lowest BCUT2D eigenvalue weighted by Gasteiger charge is -2.14. The van der Waals surface area contributed by atoms with Gasteiger partial charge in [-0.15, -0.1) is 0 Å². The number of sulfonamides is 1. The number of nitrogens with one attached hydrogen (secondary N) is 1. The van der Waals surface area contributed by atoms with E-state index >= 15 is 0 Å². The SMILES string of the molecule is CCOc1cc(/C=N/NS(=O)(=O)c2ccc(Cl)c(Cl)c2)ccc1OC(C)C. The van der Waals surface area contributed by atoms with Crippen LogP contribution in [0.2, 0.25) is 10.0 Å². The summed E-state index contributed by atoms with van der Waals surface area (Å²) in [6.07, 6.45) is 1.37. The first-order valence-electron chi connectivity index (χ1n) is 8.16. The molecule has 0 unspecified atom stereocenters. The maximum absolute atomic E-state index is 12.3. The molecular weight excluding hydrogens is 411 g/mol. The topological polar surface area (TPSA) is 77.0 Å². The summed E-state index contributed by atoms with van der Waals surface area (Å²) in [5.41, 5.74) is 0.645. The third kappa shape index (κ3) is 6.02. The van der Waals surface area contributed by atoms with E-state index in [-0.39, 0.29) is 21.0 Å². The largest absolute Gasteiger partial charge is 0.490 e. The quantitative estimate of drug-likeness (QED) is 0.494. The lowest BCUT2D eigenvalue weighted by atomic mass is 10.2. The van der Waals surface area contributed by atoms with Crippen LogP contribution in [0.4, 0.5) is 0 Å². The minimum absolute atomic E-state index is 0.00160. The maximum Gasteiger partial charge on any atom is 0.276 e. The van der Waals surface area contributed by atoms with E-state index in [0.29, 0.717) is 23.7 Å². The lowest BCUT2D eigenvalue weighted by Crippen LogP contribution is -2.18. The molecule has 9 heteroatoms. The smallest absolute Gasteiger partial charge is 0.276 e. The first-order chi connectivity index (χ1) is 12.7.